The van der Waals surface area contributed by atoms with Crippen LogP contribution in [0, 0.1) is 0 Å². The zero-order valence-corrected chi connectivity index (χ0v) is 21.2. The van der Waals surface area contributed by atoms with E-state index < -0.39 is 0 Å². The molecule has 36 heavy (non-hydrogen) atoms. The average Bonchev–Trinajstić information content (AvgIpc) is 3.33. The van der Waals surface area contributed by atoms with Gasteiger partial charge in [0.25, 0.3) is 0 Å². The number of aromatic amines is 1. The zero-order chi connectivity index (χ0) is 25.1. The van der Waals surface area contributed by atoms with Crippen LogP contribution in [-0.2, 0) is 0 Å². The van der Waals surface area contributed by atoms with Crippen LogP contribution in [0.1, 0.15) is 5.56 Å². The molecule has 186 valence electrons. The molecule has 2 aromatic heterocycles. The Morgan fingerprint density at radius 1 is 1.19 bits per heavy atom. The third-order valence-electron chi connectivity index (χ3n) is 6.46. The number of rotatable bonds is 7. The minimum atomic E-state index is 0.430. The molecular formula is C27H30ClN7O. The number of nitrogens with zero attached hydrogens (tertiary/aromatic N) is 4. The van der Waals surface area contributed by atoms with E-state index in [2.05, 4.69) is 50.3 Å². The van der Waals surface area contributed by atoms with Crippen molar-refractivity contribution in [3.05, 3.63) is 65.5 Å². The third-order valence-corrected chi connectivity index (χ3v) is 6.74. The normalized spacial score (nSPS) is 14.6. The Labute approximate surface area is 215 Å². The second-order valence-corrected chi connectivity index (χ2v) is 9.21. The molecule has 5 rings (SSSR count). The maximum absolute atomic E-state index is 6.53. The van der Waals surface area contributed by atoms with Crippen LogP contribution >= 0.6 is 11.6 Å². The van der Waals surface area contributed by atoms with E-state index in [4.69, 9.17) is 27.1 Å². The molecule has 0 saturated carbocycles. The second-order valence-electron chi connectivity index (χ2n) is 8.80. The Hall–Kier alpha value is -3.59. The molecule has 0 radical (unpaired) electrons. The molecule has 2 aromatic carbocycles. The Balaban J connectivity index is 1.52. The van der Waals surface area contributed by atoms with Crippen molar-refractivity contribution in [1.29, 1.82) is 0 Å². The molecule has 0 bridgehead atoms. The van der Waals surface area contributed by atoms with Gasteiger partial charge in [0.2, 0.25) is 5.95 Å². The van der Waals surface area contributed by atoms with Crippen LogP contribution < -0.4 is 20.7 Å². The summed E-state index contributed by atoms with van der Waals surface area (Å²) in [5.74, 6) is 1.14. The molecule has 1 aliphatic rings. The first-order valence-electron chi connectivity index (χ1n) is 12.0. The first kappa shape index (κ1) is 24.1. The predicted octanol–water partition coefficient (Wildman–Crippen LogP) is 4.75. The molecule has 4 aromatic rings. The molecule has 1 aliphatic heterocycles. The highest BCUT2D eigenvalue weighted by Crippen LogP contribution is 2.37. The summed E-state index contributed by atoms with van der Waals surface area (Å²) >= 11 is 6.53. The number of piperazine rings is 1. The molecule has 9 heteroatoms. The Kier molecular flexibility index (Phi) is 7.09. The van der Waals surface area contributed by atoms with Gasteiger partial charge >= 0.3 is 0 Å². The Morgan fingerprint density at radius 3 is 2.78 bits per heavy atom. The fourth-order valence-corrected chi connectivity index (χ4v) is 4.70. The monoisotopic (exact) mass is 503 g/mol. The highest BCUT2D eigenvalue weighted by Gasteiger charge is 2.20. The van der Waals surface area contributed by atoms with Crippen LogP contribution in [0.5, 0.6) is 5.75 Å². The number of fused-ring (bicyclic) bond motifs is 1. The number of halogens is 1. The summed E-state index contributed by atoms with van der Waals surface area (Å²) in [7, 11) is 3.82. The standard InChI is InChI=1S/C27H30ClN7O/c1-34-10-12-35(13-11-34)24-15-25(36-2)23(14-18(24)6-5-9-29)32-27-31-17-21(28)26(33-27)20-16-30-22-8-4-3-7-19(20)22/h3-8,14-17,30H,9-13,29H2,1-2H3,(H,31,32,33). The van der Waals surface area contributed by atoms with Gasteiger partial charge in [-0.2, -0.15) is 0 Å². The van der Waals surface area contributed by atoms with Gasteiger partial charge in [0.15, 0.2) is 0 Å². The van der Waals surface area contributed by atoms with Gasteiger partial charge in [-0.25, -0.2) is 9.97 Å². The van der Waals surface area contributed by atoms with Gasteiger partial charge in [0.05, 0.1) is 29.7 Å². The Morgan fingerprint density at radius 2 is 2.00 bits per heavy atom. The summed E-state index contributed by atoms with van der Waals surface area (Å²) in [6.45, 7) is 4.38. The molecule has 0 aliphatic carbocycles. The molecule has 4 N–H and O–H groups in total. The molecule has 0 atom stereocenters. The number of likely N-dealkylation sites (N-methyl/N-ethyl adjacent to an activating group) is 1. The lowest BCUT2D eigenvalue weighted by molar-refractivity contribution is 0.312. The average molecular weight is 504 g/mol. The number of aromatic nitrogens is 3. The lowest BCUT2D eigenvalue weighted by atomic mass is 10.1. The molecule has 0 unspecified atom stereocenters. The number of nitrogens with two attached hydrogens (primary N) is 1. The van der Waals surface area contributed by atoms with Crippen molar-refractivity contribution in [3.8, 4) is 17.0 Å². The number of H-pyrrole nitrogens is 1. The molecule has 0 amide bonds. The summed E-state index contributed by atoms with van der Waals surface area (Å²) in [6, 6.07) is 12.2. The lowest BCUT2D eigenvalue weighted by Crippen LogP contribution is -2.44. The van der Waals surface area contributed by atoms with Gasteiger partial charge in [0.1, 0.15) is 5.75 Å². The van der Waals surface area contributed by atoms with Crippen molar-refractivity contribution in [2.45, 2.75) is 0 Å². The third kappa shape index (κ3) is 4.88. The summed E-state index contributed by atoms with van der Waals surface area (Å²) in [4.78, 5) is 17.2. The number of hydrogen-bond acceptors (Lipinski definition) is 7. The minimum Gasteiger partial charge on any atom is -0.494 e. The van der Waals surface area contributed by atoms with Crippen molar-refractivity contribution >= 4 is 45.9 Å². The number of hydrogen-bond donors (Lipinski definition) is 3. The van der Waals surface area contributed by atoms with Crippen molar-refractivity contribution in [3.63, 3.8) is 0 Å². The van der Waals surface area contributed by atoms with Crippen molar-refractivity contribution in [2.24, 2.45) is 5.73 Å². The highest BCUT2D eigenvalue weighted by molar-refractivity contribution is 6.33. The molecular weight excluding hydrogens is 474 g/mol. The Bertz CT molecular complexity index is 1390. The van der Waals surface area contributed by atoms with Gasteiger partial charge in [0, 0.05) is 67.1 Å². The van der Waals surface area contributed by atoms with E-state index in [1.807, 2.05) is 36.5 Å². The maximum atomic E-state index is 6.53. The molecule has 3 heterocycles. The second kappa shape index (κ2) is 10.6. The fourth-order valence-electron chi connectivity index (χ4n) is 4.51. The van der Waals surface area contributed by atoms with Crippen LogP contribution in [0.4, 0.5) is 17.3 Å². The summed E-state index contributed by atoms with van der Waals surface area (Å²) in [6.07, 6.45) is 7.55. The van der Waals surface area contributed by atoms with Crippen LogP contribution in [0.2, 0.25) is 5.02 Å². The van der Waals surface area contributed by atoms with Crippen molar-refractivity contribution in [1.82, 2.24) is 19.9 Å². The smallest absolute Gasteiger partial charge is 0.227 e. The number of anilines is 3. The van der Waals surface area contributed by atoms with E-state index in [0.717, 1.165) is 59.6 Å². The first-order valence-corrected chi connectivity index (χ1v) is 12.3. The number of nitrogens with one attached hydrogen (secondary N) is 2. The van der Waals surface area contributed by atoms with Crippen molar-refractivity contribution in [2.75, 3.05) is 57.1 Å². The van der Waals surface area contributed by atoms with E-state index in [1.54, 1.807) is 13.3 Å². The van der Waals surface area contributed by atoms with Gasteiger partial charge < -0.3 is 30.6 Å². The highest BCUT2D eigenvalue weighted by atomic mass is 35.5. The zero-order valence-electron chi connectivity index (χ0n) is 20.5. The largest absolute Gasteiger partial charge is 0.494 e. The molecule has 8 nitrogen and oxygen atoms in total. The van der Waals surface area contributed by atoms with Crippen molar-refractivity contribution < 1.29 is 4.74 Å². The maximum Gasteiger partial charge on any atom is 0.227 e. The van der Waals surface area contributed by atoms with Gasteiger partial charge in [-0.3, -0.25) is 0 Å². The lowest BCUT2D eigenvalue weighted by Gasteiger charge is -2.35. The van der Waals surface area contributed by atoms with E-state index in [9.17, 15) is 0 Å². The summed E-state index contributed by atoms with van der Waals surface area (Å²) in [5, 5.41) is 4.88. The SMILES string of the molecule is COc1cc(N2CCN(C)CC2)c(C=CCN)cc1Nc1ncc(Cl)c(-c2c[nH]c3ccccc23)n1. The quantitative estimate of drug-likeness (QED) is 0.335. The van der Waals surface area contributed by atoms with Gasteiger partial charge in [-0.1, -0.05) is 42.0 Å². The first-order chi connectivity index (χ1) is 17.6. The predicted molar refractivity (Wildman–Crippen MR) is 148 cm³/mol. The minimum absolute atomic E-state index is 0.430. The van der Waals surface area contributed by atoms with E-state index in [0.29, 0.717) is 29.0 Å². The fraction of sp³-hybridized carbons (Fsp3) is 0.259. The summed E-state index contributed by atoms with van der Waals surface area (Å²) < 4.78 is 5.78. The summed E-state index contributed by atoms with van der Waals surface area (Å²) in [5.41, 5.74) is 11.3. The number of para-hydroxylation sites is 1. The molecule has 0 spiro atoms. The van der Waals surface area contributed by atoms with Crippen LogP contribution in [0.15, 0.2) is 54.9 Å². The number of benzene rings is 2. The van der Waals surface area contributed by atoms with Crippen LogP contribution in [0.3, 0.4) is 0 Å². The van der Waals surface area contributed by atoms with E-state index in [1.165, 1.54) is 0 Å². The van der Waals surface area contributed by atoms with E-state index >= 15 is 0 Å². The number of methoxy groups -OCH3 is 1. The van der Waals surface area contributed by atoms with Gasteiger partial charge in [-0.05, 0) is 24.7 Å². The molecule has 1 saturated heterocycles. The molecule has 1 fully saturated rings. The van der Waals surface area contributed by atoms with Crippen LogP contribution in [-0.4, -0.2) is 66.7 Å². The van der Waals surface area contributed by atoms with E-state index in [-0.39, 0.29) is 0 Å². The topological polar surface area (TPSA) is 95.3 Å². The van der Waals surface area contributed by atoms with Crippen LogP contribution in [0.25, 0.3) is 28.2 Å². The van der Waals surface area contributed by atoms with Gasteiger partial charge in [-0.15, -0.1) is 0 Å². The number of ether oxygens (including phenoxy) is 1.